The van der Waals surface area contributed by atoms with Crippen LogP contribution in [0.4, 0.5) is 0 Å². The Morgan fingerprint density at radius 2 is 2.12 bits per heavy atom. The highest BCUT2D eigenvalue weighted by atomic mass is 35.5. The topological polar surface area (TPSA) is 38.7 Å². The standard InChI is InChI=1S/C12H14ClN3S/c1-7(2)12-15-9(8(3)11(13)16-12)6-10-14-4-5-17-10/h4-5,7H,6H2,1-3H3. The largest absolute Gasteiger partial charge is 0.249 e. The van der Waals surface area contributed by atoms with Gasteiger partial charge in [-0.05, 0) is 6.92 Å². The first-order valence-electron chi connectivity index (χ1n) is 5.49. The molecule has 0 saturated heterocycles. The average molecular weight is 268 g/mol. The van der Waals surface area contributed by atoms with E-state index < -0.39 is 0 Å². The third-order valence-electron chi connectivity index (χ3n) is 2.52. The number of nitrogens with zero attached hydrogens (tertiary/aromatic N) is 3. The van der Waals surface area contributed by atoms with Crippen molar-refractivity contribution < 1.29 is 0 Å². The Morgan fingerprint density at radius 3 is 2.71 bits per heavy atom. The van der Waals surface area contributed by atoms with Crippen LogP contribution in [-0.2, 0) is 6.42 Å². The van der Waals surface area contributed by atoms with Gasteiger partial charge in [0.1, 0.15) is 11.0 Å². The molecule has 0 N–H and O–H groups in total. The molecule has 0 amide bonds. The van der Waals surface area contributed by atoms with Crippen molar-refractivity contribution in [2.75, 3.05) is 0 Å². The van der Waals surface area contributed by atoms with Gasteiger partial charge in [0.2, 0.25) is 0 Å². The van der Waals surface area contributed by atoms with E-state index in [0.717, 1.165) is 28.5 Å². The Morgan fingerprint density at radius 1 is 1.35 bits per heavy atom. The molecule has 2 aromatic heterocycles. The summed E-state index contributed by atoms with van der Waals surface area (Å²) in [7, 11) is 0. The molecule has 0 aliphatic heterocycles. The third-order valence-corrected chi connectivity index (χ3v) is 3.67. The predicted octanol–water partition coefficient (Wildman–Crippen LogP) is 3.61. The van der Waals surface area contributed by atoms with Crippen molar-refractivity contribution in [1.29, 1.82) is 0 Å². The molecule has 0 atom stereocenters. The van der Waals surface area contributed by atoms with Gasteiger partial charge >= 0.3 is 0 Å². The second-order valence-corrected chi connectivity index (χ2v) is 5.54. The number of halogens is 1. The molecule has 0 spiro atoms. The summed E-state index contributed by atoms with van der Waals surface area (Å²) in [5.41, 5.74) is 1.93. The highest BCUT2D eigenvalue weighted by Crippen LogP contribution is 2.22. The minimum atomic E-state index is 0.281. The first kappa shape index (κ1) is 12.5. The van der Waals surface area contributed by atoms with Gasteiger partial charge in [-0.2, -0.15) is 0 Å². The smallest absolute Gasteiger partial charge is 0.135 e. The SMILES string of the molecule is Cc1c(Cl)nc(C(C)C)nc1Cc1nccs1. The molecule has 0 aliphatic carbocycles. The van der Waals surface area contributed by atoms with E-state index in [9.17, 15) is 0 Å². The van der Waals surface area contributed by atoms with E-state index in [1.165, 1.54) is 0 Å². The van der Waals surface area contributed by atoms with Gasteiger partial charge in [-0.25, -0.2) is 15.0 Å². The second-order valence-electron chi connectivity index (χ2n) is 4.20. The molecule has 3 nitrogen and oxygen atoms in total. The van der Waals surface area contributed by atoms with E-state index in [2.05, 4.69) is 28.8 Å². The maximum absolute atomic E-state index is 6.14. The quantitative estimate of drug-likeness (QED) is 0.798. The number of hydrogen-bond donors (Lipinski definition) is 0. The summed E-state index contributed by atoms with van der Waals surface area (Å²) in [5.74, 6) is 1.08. The van der Waals surface area contributed by atoms with E-state index in [1.54, 1.807) is 11.3 Å². The van der Waals surface area contributed by atoms with Crippen molar-refractivity contribution in [1.82, 2.24) is 15.0 Å². The molecular formula is C12H14ClN3S. The summed E-state index contributed by atoms with van der Waals surface area (Å²) in [6, 6.07) is 0. The molecule has 17 heavy (non-hydrogen) atoms. The molecule has 5 heteroatoms. The van der Waals surface area contributed by atoms with E-state index in [4.69, 9.17) is 11.6 Å². The summed E-state index contributed by atoms with van der Waals surface area (Å²) >= 11 is 7.77. The van der Waals surface area contributed by atoms with Gasteiger partial charge in [0, 0.05) is 29.5 Å². The van der Waals surface area contributed by atoms with Gasteiger partial charge in [0.15, 0.2) is 0 Å². The highest BCUT2D eigenvalue weighted by Gasteiger charge is 2.12. The summed E-state index contributed by atoms with van der Waals surface area (Å²) in [6.45, 7) is 6.08. The first-order chi connectivity index (χ1) is 8.08. The molecule has 2 heterocycles. The minimum absolute atomic E-state index is 0.281. The molecule has 0 unspecified atom stereocenters. The number of rotatable bonds is 3. The molecule has 0 fully saturated rings. The average Bonchev–Trinajstić information content (AvgIpc) is 2.77. The van der Waals surface area contributed by atoms with E-state index >= 15 is 0 Å². The molecule has 90 valence electrons. The highest BCUT2D eigenvalue weighted by molar-refractivity contribution is 7.09. The Labute approximate surface area is 110 Å². The number of thiazole rings is 1. The molecule has 2 aromatic rings. The Kier molecular flexibility index (Phi) is 3.74. The van der Waals surface area contributed by atoms with Crippen LogP contribution in [0.2, 0.25) is 5.15 Å². The molecule has 0 aliphatic rings. The van der Waals surface area contributed by atoms with Crippen molar-refractivity contribution in [2.45, 2.75) is 33.1 Å². The molecule has 0 aromatic carbocycles. The van der Waals surface area contributed by atoms with Crippen molar-refractivity contribution >= 4 is 22.9 Å². The predicted molar refractivity (Wildman–Crippen MR) is 70.8 cm³/mol. The van der Waals surface area contributed by atoms with Crippen LogP contribution in [0.25, 0.3) is 0 Å². The molecule has 0 bridgehead atoms. The van der Waals surface area contributed by atoms with Crippen LogP contribution in [0.3, 0.4) is 0 Å². The molecule has 0 radical (unpaired) electrons. The van der Waals surface area contributed by atoms with E-state index in [1.807, 2.05) is 18.5 Å². The summed E-state index contributed by atoms with van der Waals surface area (Å²) in [5, 5.41) is 3.57. The Balaban J connectivity index is 2.38. The normalized spacial score (nSPS) is 11.1. The van der Waals surface area contributed by atoms with Crippen molar-refractivity contribution in [3.05, 3.63) is 38.8 Å². The monoisotopic (exact) mass is 267 g/mol. The Hall–Kier alpha value is -1.000. The fraction of sp³-hybridized carbons (Fsp3) is 0.417. The van der Waals surface area contributed by atoms with Crippen LogP contribution in [0, 0.1) is 6.92 Å². The Bertz CT molecular complexity index is 509. The van der Waals surface area contributed by atoms with Crippen LogP contribution in [0.1, 0.15) is 41.9 Å². The summed E-state index contributed by atoms with van der Waals surface area (Å²) in [6.07, 6.45) is 2.53. The molecular weight excluding hydrogens is 254 g/mol. The lowest BCUT2D eigenvalue weighted by Crippen LogP contribution is -2.05. The van der Waals surface area contributed by atoms with Crippen LogP contribution >= 0.6 is 22.9 Å². The zero-order valence-electron chi connectivity index (χ0n) is 10.1. The van der Waals surface area contributed by atoms with Gasteiger partial charge in [-0.1, -0.05) is 25.4 Å². The van der Waals surface area contributed by atoms with Crippen molar-refractivity contribution in [3.8, 4) is 0 Å². The molecule has 2 rings (SSSR count). The molecule has 0 saturated carbocycles. The van der Waals surface area contributed by atoms with Crippen LogP contribution < -0.4 is 0 Å². The zero-order chi connectivity index (χ0) is 12.4. The van der Waals surface area contributed by atoms with Gasteiger partial charge in [-0.15, -0.1) is 11.3 Å². The lowest BCUT2D eigenvalue weighted by molar-refractivity contribution is 0.756. The van der Waals surface area contributed by atoms with Gasteiger partial charge in [0.25, 0.3) is 0 Å². The minimum Gasteiger partial charge on any atom is -0.249 e. The first-order valence-corrected chi connectivity index (χ1v) is 6.75. The summed E-state index contributed by atoms with van der Waals surface area (Å²) in [4.78, 5) is 13.1. The lowest BCUT2D eigenvalue weighted by Gasteiger charge is -2.10. The maximum atomic E-state index is 6.14. The third kappa shape index (κ3) is 2.82. The van der Waals surface area contributed by atoms with Crippen LogP contribution in [0.15, 0.2) is 11.6 Å². The van der Waals surface area contributed by atoms with Crippen LogP contribution in [-0.4, -0.2) is 15.0 Å². The fourth-order valence-electron chi connectivity index (χ4n) is 1.46. The van der Waals surface area contributed by atoms with Gasteiger partial charge in [0.05, 0.1) is 10.7 Å². The van der Waals surface area contributed by atoms with E-state index in [0.29, 0.717) is 5.15 Å². The van der Waals surface area contributed by atoms with E-state index in [-0.39, 0.29) is 5.92 Å². The van der Waals surface area contributed by atoms with Crippen molar-refractivity contribution in [3.63, 3.8) is 0 Å². The lowest BCUT2D eigenvalue weighted by atomic mass is 10.1. The summed E-state index contributed by atoms with van der Waals surface area (Å²) < 4.78 is 0. The zero-order valence-corrected chi connectivity index (χ0v) is 11.6. The maximum Gasteiger partial charge on any atom is 0.135 e. The number of hydrogen-bond acceptors (Lipinski definition) is 4. The van der Waals surface area contributed by atoms with Gasteiger partial charge < -0.3 is 0 Å². The second kappa shape index (κ2) is 5.10. The number of aromatic nitrogens is 3. The van der Waals surface area contributed by atoms with Crippen molar-refractivity contribution in [2.24, 2.45) is 0 Å². The van der Waals surface area contributed by atoms with Gasteiger partial charge in [-0.3, -0.25) is 0 Å². The van der Waals surface area contributed by atoms with Crippen LogP contribution in [0.5, 0.6) is 0 Å². The fourth-order valence-corrected chi connectivity index (χ4v) is 2.28.